The molecule has 1 heterocycles. The average molecular weight is 292 g/mol. The molecule has 0 saturated carbocycles. The number of carbonyl (C=O) groups excluding carboxylic acids is 1. The van der Waals surface area contributed by atoms with Gasteiger partial charge in [-0.2, -0.15) is 0 Å². The van der Waals surface area contributed by atoms with E-state index in [4.69, 9.17) is 22.7 Å². The lowest BCUT2D eigenvalue weighted by molar-refractivity contribution is -0.122. The molecule has 0 aromatic heterocycles. The van der Waals surface area contributed by atoms with Gasteiger partial charge in [0.25, 0.3) is 0 Å². The van der Waals surface area contributed by atoms with Gasteiger partial charge in [0.15, 0.2) is 0 Å². The van der Waals surface area contributed by atoms with Crippen molar-refractivity contribution in [2.24, 2.45) is 5.73 Å². The minimum Gasteiger partial charge on any atom is -0.389 e. The van der Waals surface area contributed by atoms with Gasteiger partial charge in [0.2, 0.25) is 5.91 Å². The standard InChI is InChI=1S/C15H20N2O2S/c1-10-8-13(6-7-19-10)17-14(18)9-11-2-4-12(5-3-11)15(16)20/h2-5,10,13H,6-9H2,1H3,(H2,16,20)(H,17,18). The van der Waals surface area contributed by atoms with Crippen molar-refractivity contribution >= 4 is 23.1 Å². The number of ether oxygens (including phenoxy) is 1. The molecule has 2 unspecified atom stereocenters. The summed E-state index contributed by atoms with van der Waals surface area (Å²) >= 11 is 4.90. The fraction of sp³-hybridized carbons (Fsp3) is 0.467. The highest BCUT2D eigenvalue weighted by Gasteiger charge is 2.20. The zero-order valence-corrected chi connectivity index (χ0v) is 12.4. The first-order chi connectivity index (χ1) is 9.54. The molecular weight excluding hydrogens is 272 g/mol. The van der Waals surface area contributed by atoms with Crippen LogP contribution in [0.25, 0.3) is 0 Å². The van der Waals surface area contributed by atoms with E-state index in [1.54, 1.807) is 0 Å². The molecule has 108 valence electrons. The molecule has 1 aliphatic rings. The number of rotatable bonds is 4. The monoisotopic (exact) mass is 292 g/mol. The lowest BCUT2D eigenvalue weighted by Crippen LogP contribution is -2.41. The molecule has 1 amide bonds. The van der Waals surface area contributed by atoms with Gasteiger partial charge in [0.1, 0.15) is 4.99 Å². The highest BCUT2D eigenvalue weighted by Crippen LogP contribution is 2.13. The first-order valence-electron chi connectivity index (χ1n) is 6.84. The summed E-state index contributed by atoms with van der Waals surface area (Å²) in [4.78, 5) is 12.4. The third kappa shape index (κ3) is 4.28. The van der Waals surface area contributed by atoms with Crippen molar-refractivity contribution in [1.82, 2.24) is 5.32 Å². The van der Waals surface area contributed by atoms with Crippen LogP contribution in [0, 0.1) is 0 Å². The van der Waals surface area contributed by atoms with Gasteiger partial charge in [-0.25, -0.2) is 0 Å². The summed E-state index contributed by atoms with van der Waals surface area (Å²) in [5, 5.41) is 3.07. The highest BCUT2D eigenvalue weighted by molar-refractivity contribution is 7.80. The summed E-state index contributed by atoms with van der Waals surface area (Å²) in [6.45, 7) is 2.75. The Kier molecular flexibility index (Phi) is 5.09. The topological polar surface area (TPSA) is 64.4 Å². The molecule has 5 heteroatoms. The molecule has 0 radical (unpaired) electrons. The largest absolute Gasteiger partial charge is 0.389 e. The predicted molar refractivity (Wildman–Crippen MR) is 82.6 cm³/mol. The van der Waals surface area contributed by atoms with Gasteiger partial charge in [-0.15, -0.1) is 0 Å². The van der Waals surface area contributed by atoms with Crippen molar-refractivity contribution < 1.29 is 9.53 Å². The van der Waals surface area contributed by atoms with Gasteiger partial charge in [0, 0.05) is 18.2 Å². The average Bonchev–Trinajstić information content (AvgIpc) is 2.39. The van der Waals surface area contributed by atoms with Gasteiger partial charge in [0.05, 0.1) is 12.5 Å². The van der Waals surface area contributed by atoms with Crippen LogP contribution in [-0.4, -0.2) is 29.6 Å². The van der Waals surface area contributed by atoms with Gasteiger partial charge in [-0.1, -0.05) is 36.5 Å². The second-order valence-corrected chi connectivity index (χ2v) is 5.65. The van der Waals surface area contributed by atoms with E-state index in [9.17, 15) is 4.79 Å². The summed E-state index contributed by atoms with van der Waals surface area (Å²) in [5.41, 5.74) is 7.32. The highest BCUT2D eigenvalue weighted by atomic mass is 32.1. The van der Waals surface area contributed by atoms with E-state index < -0.39 is 0 Å². The Morgan fingerprint density at radius 1 is 1.45 bits per heavy atom. The normalized spacial score (nSPS) is 22.2. The Morgan fingerprint density at radius 2 is 2.15 bits per heavy atom. The minimum absolute atomic E-state index is 0.0483. The van der Waals surface area contributed by atoms with Crippen molar-refractivity contribution in [3.8, 4) is 0 Å². The van der Waals surface area contributed by atoms with E-state index in [1.807, 2.05) is 31.2 Å². The second kappa shape index (κ2) is 6.81. The summed E-state index contributed by atoms with van der Waals surface area (Å²) in [7, 11) is 0. The Labute approximate surface area is 124 Å². The lowest BCUT2D eigenvalue weighted by Gasteiger charge is -2.27. The molecule has 1 fully saturated rings. The van der Waals surface area contributed by atoms with Crippen molar-refractivity contribution in [3.05, 3.63) is 35.4 Å². The number of carbonyl (C=O) groups is 1. The maximum absolute atomic E-state index is 12.0. The second-order valence-electron chi connectivity index (χ2n) is 5.21. The van der Waals surface area contributed by atoms with Crippen LogP contribution in [0.4, 0.5) is 0 Å². The fourth-order valence-corrected chi connectivity index (χ4v) is 2.52. The number of hydrogen-bond donors (Lipinski definition) is 2. The van der Waals surface area contributed by atoms with E-state index in [1.165, 1.54) is 0 Å². The number of nitrogens with one attached hydrogen (secondary N) is 1. The lowest BCUT2D eigenvalue weighted by atomic mass is 10.0. The smallest absolute Gasteiger partial charge is 0.224 e. The number of hydrogen-bond acceptors (Lipinski definition) is 3. The van der Waals surface area contributed by atoms with Gasteiger partial charge in [-0.05, 0) is 25.3 Å². The predicted octanol–water partition coefficient (Wildman–Crippen LogP) is 1.55. The van der Waals surface area contributed by atoms with Crippen LogP contribution in [0.2, 0.25) is 0 Å². The SMILES string of the molecule is CC1CC(NC(=O)Cc2ccc(C(N)=S)cc2)CCO1. The molecule has 0 spiro atoms. The van der Waals surface area contributed by atoms with E-state index in [0.29, 0.717) is 11.4 Å². The molecule has 4 nitrogen and oxygen atoms in total. The van der Waals surface area contributed by atoms with Crippen LogP contribution in [0.1, 0.15) is 30.9 Å². The van der Waals surface area contributed by atoms with Crippen LogP contribution >= 0.6 is 12.2 Å². The quantitative estimate of drug-likeness (QED) is 0.826. The Morgan fingerprint density at radius 3 is 2.75 bits per heavy atom. The molecule has 1 saturated heterocycles. The van der Waals surface area contributed by atoms with Crippen molar-refractivity contribution in [2.45, 2.75) is 38.3 Å². The van der Waals surface area contributed by atoms with E-state index in [-0.39, 0.29) is 18.1 Å². The van der Waals surface area contributed by atoms with Crippen LogP contribution in [0.3, 0.4) is 0 Å². The third-order valence-corrected chi connectivity index (χ3v) is 3.69. The minimum atomic E-state index is 0.0483. The van der Waals surface area contributed by atoms with E-state index in [0.717, 1.165) is 30.6 Å². The number of benzene rings is 1. The zero-order chi connectivity index (χ0) is 14.5. The molecule has 2 rings (SSSR count). The summed E-state index contributed by atoms with van der Waals surface area (Å²) < 4.78 is 5.47. The molecule has 2 atom stereocenters. The first-order valence-corrected chi connectivity index (χ1v) is 7.25. The van der Waals surface area contributed by atoms with E-state index in [2.05, 4.69) is 5.32 Å². The molecular formula is C15H20N2O2S. The maximum Gasteiger partial charge on any atom is 0.224 e. The Bertz CT molecular complexity index is 487. The molecule has 0 bridgehead atoms. The molecule has 3 N–H and O–H groups in total. The fourth-order valence-electron chi connectivity index (χ4n) is 2.38. The third-order valence-electron chi connectivity index (χ3n) is 3.45. The molecule has 1 aromatic rings. The van der Waals surface area contributed by atoms with Crippen LogP contribution < -0.4 is 11.1 Å². The summed E-state index contributed by atoms with van der Waals surface area (Å²) in [6.07, 6.45) is 2.37. The Hall–Kier alpha value is -1.46. The molecule has 1 aliphatic heterocycles. The van der Waals surface area contributed by atoms with Crippen LogP contribution in [-0.2, 0) is 16.0 Å². The summed E-state index contributed by atoms with van der Waals surface area (Å²) in [6, 6.07) is 7.70. The van der Waals surface area contributed by atoms with Gasteiger partial charge >= 0.3 is 0 Å². The number of nitrogens with two attached hydrogens (primary N) is 1. The van der Waals surface area contributed by atoms with Crippen molar-refractivity contribution in [3.63, 3.8) is 0 Å². The molecule has 0 aliphatic carbocycles. The zero-order valence-electron chi connectivity index (χ0n) is 11.6. The molecule has 20 heavy (non-hydrogen) atoms. The van der Waals surface area contributed by atoms with Crippen molar-refractivity contribution in [1.29, 1.82) is 0 Å². The number of thiocarbonyl (C=S) groups is 1. The molecule has 1 aromatic carbocycles. The summed E-state index contributed by atoms with van der Waals surface area (Å²) in [5.74, 6) is 0.0483. The van der Waals surface area contributed by atoms with E-state index >= 15 is 0 Å². The van der Waals surface area contributed by atoms with Crippen LogP contribution in [0.5, 0.6) is 0 Å². The van der Waals surface area contributed by atoms with Gasteiger partial charge in [-0.3, -0.25) is 4.79 Å². The maximum atomic E-state index is 12.0. The van der Waals surface area contributed by atoms with Crippen molar-refractivity contribution in [2.75, 3.05) is 6.61 Å². The van der Waals surface area contributed by atoms with Crippen LogP contribution in [0.15, 0.2) is 24.3 Å². The first kappa shape index (κ1) is 14.9. The Balaban J connectivity index is 1.86. The number of amides is 1. The van der Waals surface area contributed by atoms with Gasteiger partial charge < -0.3 is 15.8 Å².